The maximum absolute atomic E-state index is 13.3. The second-order valence-corrected chi connectivity index (χ2v) is 11.9. The van der Waals surface area contributed by atoms with Gasteiger partial charge in [0, 0.05) is 30.1 Å². The van der Waals surface area contributed by atoms with Gasteiger partial charge in [-0.05, 0) is 68.1 Å². The number of carboxylic acid groups (broad SMARTS) is 1. The Hall–Kier alpha value is -1.45. The van der Waals surface area contributed by atoms with Crippen LogP contribution in [-0.4, -0.2) is 22.6 Å². The van der Waals surface area contributed by atoms with Gasteiger partial charge < -0.3 is 5.11 Å². The molecule has 4 saturated carbocycles. The van der Waals surface area contributed by atoms with Crippen LogP contribution in [0.1, 0.15) is 79.1 Å². The molecule has 0 unspecified atom stereocenters. The Morgan fingerprint density at radius 1 is 1.07 bits per heavy atom. The molecule has 0 aromatic carbocycles. The molecule has 0 amide bonds. The molecule has 6 aliphatic carbocycles. The smallest absolute Gasteiger partial charge is 0.309 e. The Kier molecular flexibility index (Phi) is 4.29. The zero-order valence-corrected chi connectivity index (χ0v) is 18.9. The van der Waals surface area contributed by atoms with Crippen molar-refractivity contribution < 1.29 is 19.5 Å². The molecule has 0 aliphatic heterocycles. The van der Waals surface area contributed by atoms with Crippen LogP contribution in [0.15, 0.2) is 11.6 Å². The summed E-state index contributed by atoms with van der Waals surface area (Å²) in [5.74, 6) is 0.677. The topological polar surface area (TPSA) is 71.4 Å². The Morgan fingerprint density at radius 3 is 2.43 bits per heavy atom. The van der Waals surface area contributed by atoms with Gasteiger partial charge in [0.1, 0.15) is 11.6 Å². The summed E-state index contributed by atoms with van der Waals surface area (Å²) in [6, 6.07) is 0. The van der Waals surface area contributed by atoms with E-state index in [0.29, 0.717) is 36.2 Å². The Labute approximate surface area is 179 Å². The minimum absolute atomic E-state index is 0.0767. The van der Waals surface area contributed by atoms with Crippen LogP contribution >= 0.6 is 0 Å². The summed E-state index contributed by atoms with van der Waals surface area (Å²) in [5.41, 5.74) is 0.400. The molecule has 4 nitrogen and oxygen atoms in total. The van der Waals surface area contributed by atoms with Crippen LogP contribution in [0.25, 0.3) is 0 Å². The van der Waals surface area contributed by atoms with Crippen molar-refractivity contribution in [2.45, 2.75) is 79.1 Å². The van der Waals surface area contributed by atoms with E-state index >= 15 is 0 Å². The SMILES string of the molecule is CC(C)C1=C[C@@]23CC[C@@H]4[C@](C)(CCC[C@@]4(C)C(=O)O)[C@@H]2C[C@H]1[C@H]1C(=O)CCC(=O)[C@H]13. The highest BCUT2D eigenvalue weighted by Crippen LogP contribution is 2.74. The summed E-state index contributed by atoms with van der Waals surface area (Å²) in [6.07, 6.45) is 8.70. The highest BCUT2D eigenvalue weighted by atomic mass is 16.4. The molecule has 2 bridgehead atoms. The average molecular weight is 413 g/mol. The van der Waals surface area contributed by atoms with Crippen LogP contribution in [0.5, 0.6) is 0 Å². The molecule has 0 aromatic heterocycles. The fourth-order valence-electron chi connectivity index (χ4n) is 9.34. The summed E-state index contributed by atoms with van der Waals surface area (Å²) >= 11 is 0. The van der Waals surface area contributed by atoms with Crippen LogP contribution in [0.3, 0.4) is 0 Å². The minimum atomic E-state index is -0.679. The van der Waals surface area contributed by atoms with Crippen LogP contribution in [0.4, 0.5) is 0 Å². The predicted octanol–water partition coefficient (Wildman–Crippen LogP) is 5.06. The summed E-state index contributed by atoms with van der Waals surface area (Å²) in [4.78, 5) is 38.8. The molecule has 30 heavy (non-hydrogen) atoms. The normalized spacial score (nSPS) is 49.9. The third-order valence-electron chi connectivity index (χ3n) is 10.5. The second kappa shape index (κ2) is 6.29. The van der Waals surface area contributed by atoms with Crippen LogP contribution in [0.2, 0.25) is 0 Å². The lowest BCUT2D eigenvalue weighted by molar-refractivity contribution is -0.200. The van der Waals surface area contributed by atoms with E-state index in [0.717, 1.165) is 38.5 Å². The molecule has 0 aromatic rings. The zero-order valence-electron chi connectivity index (χ0n) is 18.9. The fourth-order valence-corrected chi connectivity index (χ4v) is 9.34. The number of ketones is 2. The largest absolute Gasteiger partial charge is 0.481 e. The first-order valence-electron chi connectivity index (χ1n) is 12.1. The lowest BCUT2D eigenvalue weighted by Crippen LogP contribution is -2.67. The van der Waals surface area contributed by atoms with Gasteiger partial charge >= 0.3 is 5.97 Å². The number of allylic oxidation sites excluding steroid dienone is 2. The molecule has 1 spiro atoms. The van der Waals surface area contributed by atoms with Gasteiger partial charge in [-0.1, -0.05) is 38.8 Å². The summed E-state index contributed by atoms with van der Waals surface area (Å²) < 4.78 is 0. The van der Waals surface area contributed by atoms with Crippen molar-refractivity contribution in [3.8, 4) is 0 Å². The first kappa shape index (κ1) is 20.5. The van der Waals surface area contributed by atoms with E-state index in [1.54, 1.807) is 0 Å². The molecule has 0 saturated heterocycles. The fraction of sp³-hybridized carbons (Fsp3) is 0.808. The van der Waals surface area contributed by atoms with Crippen LogP contribution < -0.4 is 0 Å². The molecule has 6 rings (SSSR count). The quantitative estimate of drug-likeness (QED) is 0.644. The molecular weight excluding hydrogens is 376 g/mol. The van der Waals surface area contributed by atoms with E-state index in [2.05, 4.69) is 26.8 Å². The highest BCUT2D eigenvalue weighted by molar-refractivity contribution is 5.98. The Bertz CT molecular complexity index is 855. The average Bonchev–Trinajstić information content (AvgIpc) is 2.69. The number of aliphatic carboxylic acids is 1. The maximum Gasteiger partial charge on any atom is 0.309 e. The predicted molar refractivity (Wildman–Crippen MR) is 114 cm³/mol. The second-order valence-electron chi connectivity index (χ2n) is 11.9. The van der Waals surface area contributed by atoms with Gasteiger partial charge in [0.2, 0.25) is 0 Å². The molecule has 1 N–H and O–H groups in total. The zero-order chi connectivity index (χ0) is 21.6. The van der Waals surface area contributed by atoms with Gasteiger partial charge in [0.15, 0.2) is 0 Å². The van der Waals surface area contributed by atoms with Crippen molar-refractivity contribution in [3.05, 3.63) is 11.6 Å². The summed E-state index contributed by atoms with van der Waals surface area (Å²) in [5, 5.41) is 10.1. The number of Topliss-reactive ketones (excluding diaryl/α,β-unsaturated/α-hetero) is 2. The lowest BCUT2D eigenvalue weighted by atomic mass is 9.33. The molecule has 0 radical (unpaired) electrons. The third-order valence-corrected chi connectivity index (χ3v) is 10.5. The Balaban J connectivity index is 1.67. The number of carbonyl (C=O) groups is 3. The molecule has 4 fully saturated rings. The molecule has 164 valence electrons. The summed E-state index contributed by atoms with van der Waals surface area (Å²) in [6.45, 7) is 8.73. The number of fused-ring (bicyclic) bond motifs is 1. The van der Waals surface area contributed by atoms with E-state index in [1.807, 2.05) is 6.92 Å². The first-order chi connectivity index (χ1) is 14.1. The van der Waals surface area contributed by atoms with Crippen molar-refractivity contribution >= 4 is 17.5 Å². The van der Waals surface area contributed by atoms with Gasteiger partial charge in [-0.3, -0.25) is 14.4 Å². The van der Waals surface area contributed by atoms with Crippen molar-refractivity contribution in [2.24, 2.45) is 51.8 Å². The molecule has 6 aliphatic rings. The van der Waals surface area contributed by atoms with Crippen molar-refractivity contribution in [1.29, 1.82) is 0 Å². The number of rotatable bonds is 2. The van der Waals surface area contributed by atoms with E-state index in [9.17, 15) is 19.5 Å². The highest BCUT2D eigenvalue weighted by Gasteiger charge is 2.70. The van der Waals surface area contributed by atoms with Crippen molar-refractivity contribution in [3.63, 3.8) is 0 Å². The number of carboxylic acids is 1. The van der Waals surface area contributed by atoms with E-state index in [1.165, 1.54) is 5.57 Å². The van der Waals surface area contributed by atoms with E-state index in [4.69, 9.17) is 0 Å². The number of hydrogen-bond donors (Lipinski definition) is 1. The molecular formula is C26H36O4. The van der Waals surface area contributed by atoms with Gasteiger partial charge in [0.25, 0.3) is 0 Å². The van der Waals surface area contributed by atoms with Gasteiger partial charge in [0.05, 0.1) is 5.41 Å². The third kappa shape index (κ3) is 2.31. The van der Waals surface area contributed by atoms with Crippen LogP contribution in [-0.2, 0) is 14.4 Å². The summed E-state index contributed by atoms with van der Waals surface area (Å²) in [7, 11) is 0. The first-order valence-corrected chi connectivity index (χ1v) is 12.1. The van der Waals surface area contributed by atoms with Crippen molar-refractivity contribution in [1.82, 2.24) is 0 Å². The van der Waals surface area contributed by atoms with Crippen molar-refractivity contribution in [2.75, 3.05) is 0 Å². The Morgan fingerprint density at radius 2 is 1.77 bits per heavy atom. The van der Waals surface area contributed by atoms with Gasteiger partial charge in [-0.15, -0.1) is 0 Å². The molecule has 0 heterocycles. The van der Waals surface area contributed by atoms with E-state index in [-0.39, 0.29) is 34.5 Å². The lowest BCUT2D eigenvalue weighted by Gasteiger charge is -2.70. The number of carbonyl (C=O) groups excluding carboxylic acids is 2. The standard InChI is InChI=1S/C26H36O4/c1-14(2)16-13-26-11-8-19-24(3,9-5-10-25(19,4)23(29)30)20(26)12-15(16)21-17(27)6-7-18(28)22(21)26/h13-15,19-22H,5-12H2,1-4H3,(H,29,30)/t15-,19-,20+,21+,22-,24+,25-,26+/m1/s1. The van der Waals surface area contributed by atoms with Gasteiger partial charge in [-0.2, -0.15) is 0 Å². The monoisotopic (exact) mass is 412 g/mol. The van der Waals surface area contributed by atoms with Crippen LogP contribution in [0, 0.1) is 51.8 Å². The van der Waals surface area contributed by atoms with Gasteiger partial charge in [-0.25, -0.2) is 0 Å². The molecule has 4 heteroatoms. The maximum atomic E-state index is 13.3. The molecule has 8 atom stereocenters. The minimum Gasteiger partial charge on any atom is -0.481 e. The number of hydrogen-bond acceptors (Lipinski definition) is 3. The van der Waals surface area contributed by atoms with E-state index < -0.39 is 11.4 Å².